The first-order valence-corrected chi connectivity index (χ1v) is 7.39. The molecule has 0 unspecified atom stereocenters. The number of rotatable bonds is 4. The summed E-state index contributed by atoms with van der Waals surface area (Å²) in [5.41, 5.74) is 0.402. The summed E-state index contributed by atoms with van der Waals surface area (Å²) in [7, 11) is 0. The summed E-state index contributed by atoms with van der Waals surface area (Å²) in [6, 6.07) is 8.52. The lowest BCUT2D eigenvalue weighted by molar-refractivity contribution is -0.385. The lowest BCUT2D eigenvalue weighted by Gasteiger charge is -2.11. The molecule has 7 heteroatoms. The van der Waals surface area contributed by atoms with Crippen LogP contribution in [0, 0.1) is 15.9 Å². The predicted octanol–water partition coefficient (Wildman–Crippen LogP) is 5.18. The number of hydrogen-bond donors (Lipinski definition) is 0. The summed E-state index contributed by atoms with van der Waals surface area (Å²) in [4.78, 5) is 10.5. The van der Waals surface area contributed by atoms with Gasteiger partial charge in [0.25, 0.3) is 0 Å². The molecule has 2 aromatic carbocycles. The van der Waals surface area contributed by atoms with Crippen LogP contribution in [0.4, 0.5) is 10.1 Å². The number of hydrogen-bond acceptors (Lipinski definition) is 3. The molecule has 0 radical (unpaired) electrons. The molecule has 0 aliphatic rings. The van der Waals surface area contributed by atoms with Gasteiger partial charge in [-0.2, -0.15) is 0 Å². The zero-order valence-corrected chi connectivity index (χ0v) is 13.1. The van der Waals surface area contributed by atoms with E-state index in [4.69, 9.17) is 4.74 Å². The van der Waals surface area contributed by atoms with Gasteiger partial charge in [-0.05, 0) is 40.2 Å². The minimum absolute atomic E-state index is 0.0892. The van der Waals surface area contributed by atoms with Crippen LogP contribution in [0.5, 0.6) is 11.5 Å². The van der Waals surface area contributed by atoms with Crippen LogP contribution in [-0.4, -0.2) is 4.92 Å². The Morgan fingerprint density at radius 2 is 2.05 bits per heavy atom. The molecule has 2 aromatic rings. The van der Waals surface area contributed by atoms with E-state index in [0.29, 0.717) is 21.1 Å². The van der Waals surface area contributed by atoms with Gasteiger partial charge in [0.05, 0.1) is 9.40 Å². The molecule has 0 spiro atoms. The maximum absolute atomic E-state index is 13.2. The van der Waals surface area contributed by atoms with Gasteiger partial charge in [0.2, 0.25) is 5.75 Å². The molecule has 0 fully saturated rings. The highest BCUT2D eigenvalue weighted by Crippen LogP contribution is 2.39. The van der Waals surface area contributed by atoms with Gasteiger partial charge in [-0.25, -0.2) is 4.39 Å². The van der Waals surface area contributed by atoms with Gasteiger partial charge in [0.15, 0.2) is 0 Å². The van der Waals surface area contributed by atoms with Crippen molar-refractivity contribution in [3.63, 3.8) is 0 Å². The molecule has 0 aliphatic carbocycles. The van der Waals surface area contributed by atoms with Crippen molar-refractivity contribution in [3.8, 4) is 11.5 Å². The zero-order chi connectivity index (χ0) is 14.7. The fraction of sp³-hybridized carbons (Fsp3) is 0.0769. The molecule has 0 saturated carbocycles. The second-order valence-electron chi connectivity index (χ2n) is 3.83. The van der Waals surface area contributed by atoms with Crippen LogP contribution in [0.3, 0.4) is 0 Å². The average molecular weight is 405 g/mol. The quantitative estimate of drug-likeness (QED) is 0.400. The van der Waals surface area contributed by atoms with Crippen LogP contribution in [0.1, 0.15) is 5.56 Å². The smallest absolute Gasteiger partial charge is 0.312 e. The monoisotopic (exact) mass is 403 g/mol. The van der Waals surface area contributed by atoms with E-state index in [2.05, 4.69) is 31.9 Å². The lowest BCUT2D eigenvalue weighted by Crippen LogP contribution is -1.96. The normalized spacial score (nSPS) is 10.3. The van der Waals surface area contributed by atoms with Crippen molar-refractivity contribution in [2.75, 3.05) is 0 Å². The van der Waals surface area contributed by atoms with Crippen molar-refractivity contribution >= 4 is 37.5 Å². The number of benzene rings is 2. The number of nitro groups is 1. The first-order chi connectivity index (χ1) is 9.52. The largest absolute Gasteiger partial charge is 0.449 e. The third-order valence-corrected chi connectivity index (χ3v) is 3.75. The third kappa shape index (κ3) is 3.16. The molecule has 0 atom stereocenters. The molecule has 0 heterocycles. The Balaban J connectivity index is 2.47. The summed E-state index contributed by atoms with van der Waals surface area (Å²) in [6.45, 7) is 0. The molecular formula is C13H8Br2FNO3. The van der Waals surface area contributed by atoms with E-state index >= 15 is 0 Å². The number of para-hydroxylation sites is 1. The van der Waals surface area contributed by atoms with Crippen molar-refractivity contribution in [2.45, 2.75) is 5.33 Å². The van der Waals surface area contributed by atoms with E-state index < -0.39 is 10.7 Å². The molecule has 104 valence electrons. The Kier molecular flexibility index (Phi) is 4.72. The second kappa shape index (κ2) is 6.32. The first-order valence-electron chi connectivity index (χ1n) is 5.48. The Labute approximate surface area is 131 Å². The molecule has 0 saturated heterocycles. The van der Waals surface area contributed by atoms with E-state index in [0.717, 1.165) is 0 Å². The molecule has 20 heavy (non-hydrogen) atoms. The number of ether oxygens (including phenoxy) is 1. The molecular weight excluding hydrogens is 397 g/mol. The second-order valence-corrected chi connectivity index (χ2v) is 5.25. The fourth-order valence-corrected chi connectivity index (χ4v) is 2.48. The third-order valence-electron chi connectivity index (χ3n) is 2.52. The zero-order valence-electron chi connectivity index (χ0n) is 9.98. The van der Waals surface area contributed by atoms with Crippen molar-refractivity contribution < 1.29 is 14.1 Å². The number of alkyl halides is 1. The summed E-state index contributed by atoms with van der Waals surface area (Å²) in [5.74, 6) is 0.0537. The van der Waals surface area contributed by atoms with Crippen molar-refractivity contribution in [3.05, 3.63) is 62.4 Å². The van der Waals surface area contributed by atoms with Crippen LogP contribution >= 0.6 is 31.9 Å². The Hall–Kier alpha value is -1.47. The predicted molar refractivity (Wildman–Crippen MR) is 79.9 cm³/mol. The van der Waals surface area contributed by atoms with E-state index in [1.165, 1.54) is 24.3 Å². The average Bonchev–Trinajstić information content (AvgIpc) is 2.42. The maximum atomic E-state index is 13.2. The number of nitrogens with zero attached hydrogens (tertiary/aromatic N) is 1. The Morgan fingerprint density at radius 1 is 1.30 bits per heavy atom. The number of nitro benzene ring substituents is 1. The van der Waals surface area contributed by atoms with Gasteiger partial charge in [-0.1, -0.05) is 22.0 Å². The van der Waals surface area contributed by atoms with Crippen molar-refractivity contribution in [1.29, 1.82) is 0 Å². The molecule has 2 rings (SSSR count). The molecule has 0 aromatic heterocycles. The Bertz CT molecular complexity index is 664. The lowest BCUT2D eigenvalue weighted by atomic mass is 10.2. The van der Waals surface area contributed by atoms with Crippen LogP contribution in [0.2, 0.25) is 0 Å². The van der Waals surface area contributed by atoms with Crippen molar-refractivity contribution in [2.24, 2.45) is 0 Å². The van der Waals surface area contributed by atoms with E-state index in [9.17, 15) is 14.5 Å². The van der Waals surface area contributed by atoms with Crippen molar-refractivity contribution in [1.82, 2.24) is 0 Å². The van der Waals surface area contributed by atoms with Crippen LogP contribution in [0.15, 0.2) is 40.9 Å². The summed E-state index contributed by atoms with van der Waals surface area (Å²) < 4.78 is 19.2. The molecule has 0 aliphatic heterocycles. The van der Waals surface area contributed by atoms with E-state index in [1.54, 1.807) is 12.1 Å². The minimum Gasteiger partial charge on any atom is -0.449 e. The van der Waals surface area contributed by atoms with E-state index in [1.807, 2.05) is 0 Å². The highest BCUT2D eigenvalue weighted by molar-refractivity contribution is 9.10. The van der Waals surface area contributed by atoms with E-state index in [-0.39, 0.29) is 11.4 Å². The van der Waals surface area contributed by atoms with Gasteiger partial charge in [-0.3, -0.25) is 10.1 Å². The standard InChI is InChI=1S/C13H8Br2FNO3/c14-7-8-6-9(16)4-5-12(8)20-13-10(15)2-1-3-11(13)17(18)19/h1-6H,7H2. The SMILES string of the molecule is O=[N+]([O-])c1cccc(Br)c1Oc1ccc(F)cc1CBr. The highest BCUT2D eigenvalue weighted by atomic mass is 79.9. The molecule has 0 bridgehead atoms. The summed E-state index contributed by atoms with van der Waals surface area (Å²) in [5, 5.41) is 11.4. The molecule has 0 N–H and O–H groups in total. The first kappa shape index (κ1) is 14.9. The van der Waals surface area contributed by atoms with Gasteiger partial charge >= 0.3 is 5.69 Å². The summed E-state index contributed by atoms with van der Waals surface area (Å²) in [6.07, 6.45) is 0. The fourth-order valence-electron chi connectivity index (χ4n) is 1.60. The molecule has 0 amide bonds. The van der Waals surface area contributed by atoms with Crippen LogP contribution in [-0.2, 0) is 5.33 Å². The van der Waals surface area contributed by atoms with Crippen LogP contribution in [0.25, 0.3) is 0 Å². The highest BCUT2D eigenvalue weighted by Gasteiger charge is 2.19. The van der Waals surface area contributed by atoms with Gasteiger partial charge in [0.1, 0.15) is 11.6 Å². The van der Waals surface area contributed by atoms with Gasteiger partial charge < -0.3 is 4.74 Å². The maximum Gasteiger partial charge on any atom is 0.312 e. The van der Waals surface area contributed by atoms with Gasteiger partial charge in [-0.15, -0.1) is 0 Å². The number of halogens is 3. The molecule has 4 nitrogen and oxygen atoms in total. The minimum atomic E-state index is -0.530. The topological polar surface area (TPSA) is 52.4 Å². The van der Waals surface area contributed by atoms with Gasteiger partial charge in [0, 0.05) is 17.0 Å². The Morgan fingerprint density at radius 3 is 2.70 bits per heavy atom. The summed E-state index contributed by atoms with van der Waals surface area (Å²) >= 11 is 6.45. The van der Waals surface area contributed by atoms with Crippen LogP contribution < -0.4 is 4.74 Å².